The number of methoxy groups -OCH3 is 1. The summed E-state index contributed by atoms with van der Waals surface area (Å²) < 4.78 is 5.09. The van der Waals surface area contributed by atoms with Crippen molar-refractivity contribution in [2.24, 2.45) is 11.7 Å². The Kier molecular flexibility index (Phi) is 3.84. The summed E-state index contributed by atoms with van der Waals surface area (Å²) >= 11 is 1.65. The normalized spacial score (nSPS) is 37.2. The van der Waals surface area contributed by atoms with Gasteiger partial charge in [-0.05, 0) is 6.42 Å². The number of nitrogens with one attached hydrogen (secondary N) is 1. The molecule has 3 heterocycles. The maximum absolute atomic E-state index is 9.99. The number of thiazole rings is 1. The highest BCUT2D eigenvalue weighted by molar-refractivity contribution is 7.09. The van der Waals surface area contributed by atoms with Gasteiger partial charge in [0.1, 0.15) is 11.2 Å². The van der Waals surface area contributed by atoms with Crippen LogP contribution in [0, 0.1) is 5.92 Å². The quantitative estimate of drug-likeness (QED) is 0.663. The number of aliphatic hydroxyl groups is 1. The minimum Gasteiger partial charge on any atom is -0.368 e. The summed E-state index contributed by atoms with van der Waals surface area (Å²) in [5, 5.41) is 16.5. The van der Waals surface area contributed by atoms with Crippen LogP contribution in [0.5, 0.6) is 0 Å². The molecule has 0 radical (unpaired) electrons. The van der Waals surface area contributed by atoms with E-state index in [0.717, 1.165) is 18.0 Å². The molecule has 0 aliphatic carbocycles. The number of ether oxygens (including phenoxy) is 1. The Morgan fingerprint density at radius 3 is 3.21 bits per heavy atom. The van der Waals surface area contributed by atoms with E-state index in [4.69, 9.17) is 10.5 Å². The van der Waals surface area contributed by atoms with Gasteiger partial charge < -0.3 is 15.6 Å². The fraction of sp³-hybridized carbons (Fsp3) is 0.750. The zero-order chi connectivity index (χ0) is 13.4. The van der Waals surface area contributed by atoms with Gasteiger partial charge >= 0.3 is 0 Å². The maximum atomic E-state index is 9.99. The molecule has 0 saturated carbocycles. The van der Waals surface area contributed by atoms with Gasteiger partial charge in [-0.3, -0.25) is 10.2 Å². The van der Waals surface area contributed by atoms with Crippen LogP contribution in [0.4, 0.5) is 0 Å². The van der Waals surface area contributed by atoms with Crippen molar-refractivity contribution in [3.05, 3.63) is 16.6 Å². The van der Waals surface area contributed by atoms with Gasteiger partial charge in [0, 0.05) is 49.8 Å². The summed E-state index contributed by atoms with van der Waals surface area (Å²) in [5.41, 5.74) is 6.10. The SMILES string of the molecule is COC(O)C1CNC(c2nccs2)N2C[C@@H](N)CC12. The molecule has 0 spiro atoms. The summed E-state index contributed by atoms with van der Waals surface area (Å²) in [7, 11) is 1.54. The van der Waals surface area contributed by atoms with Gasteiger partial charge in [-0.25, -0.2) is 4.98 Å². The molecule has 6 nitrogen and oxygen atoms in total. The third-order valence-corrected chi connectivity index (χ3v) is 4.91. The molecule has 2 aliphatic rings. The van der Waals surface area contributed by atoms with Gasteiger partial charge in [-0.1, -0.05) is 0 Å². The highest BCUT2D eigenvalue weighted by atomic mass is 32.1. The van der Waals surface area contributed by atoms with Crippen molar-refractivity contribution in [2.75, 3.05) is 20.2 Å². The van der Waals surface area contributed by atoms with Crippen LogP contribution in [-0.4, -0.2) is 53.6 Å². The van der Waals surface area contributed by atoms with Gasteiger partial charge in [0.15, 0.2) is 6.29 Å². The lowest BCUT2D eigenvalue weighted by Gasteiger charge is -2.43. The first-order valence-corrected chi connectivity index (χ1v) is 7.43. The van der Waals surface area contributed by atoms with Crippen molar-refractivity contribution in [1.29, 1.82) is 0 Å². The molecule has 4 N–H and O–H groups in total. The molecule has 0 aromatic carbocycles. The lowest BCUT2D eigenvalue weighted by molar-refractivity contribution is -0.142. The maximum Gasteiger partial charge on any atom is 0.159 e. The second-order valence-corrected chi connectivity index (χ2v) is 6.16. The number of aliphatic hydroxyl groups excluding tert-OH is 1. The first-order valence-electron chi connectivity index (χ1n) is 6.55. The van der Waals surface area contributed by atoms with Crippen LogP contribution in [0.1, 0.15) is 17.6 Å². The highest BCUT2D eigenvalue weighted by Gasteiger charge is 2.46. The zero-order valence-electron chi connectivity index (χ0n) is 10.9. The molecule has 2 saturated heterocycles. The molecule has 0 bridgehead atoms. The largest absolute Gasteiger partial charge is 0.368 e. The van der Waals surface area contributed by atoms with Gasteiger partial charge in [0.25, 0.3) is 0 Å². The summed E-state index contributed by atoms with van der Waals surface area (Å²) in [6.45, 7) is 1.54. The van der Waals surface area contributed by atoms with Crippen molar-refractivity contribution >= 4 is 11.3 Å². The molecule has 7 heteroatoms. The number of nitrogens with zero attached hydrogens (tertiary/aromatic N) is 2. The average molecular weight is 284 g/mol. The topological polar surface area (TPSA) is 83.6 Å². The van der Waals surface area contributed by atoms with E-state index in [9.17, 15) is 5.11 Å². The summed E-state index contributed by atoms with van der Waals surface area (Å²) in [5.74, 6) is 0.0507. The molecular formula is C12H20N4O2S. The number of hydrogen-bond acceptors (Lipinski definition) is 7. The zero-order valence-corrected chi connectivity index (χ0v) is 11.7. The van der Waals surface area contributed by atoms with Gasteiger partial charge in [0.2, 0.25) is 0 Å². The van der Waals surface area contributed by atoms with Gasteiger partial charge in [-0.15, -0.1) is 11.3 Å². The van der Waals surface area contributed by atoms with Crippen LogP contribution >= 0.6 is 11.3 Å². The van der Waals surface area contributed by atoms with E-state index in [-0.39, 0.29) is 24.2 Å². The molecule has 0 amide bonds. The predicted molar refractivity (Wildman–Crippen MR) is 72.4 cm³/mol. The van der Waals surface area contributed by atoms with Gasteiger partial charge in [-0.2, -0.15) is 0 Å². The molecule has 106 valence electrons. The Hall–Kier alpha value is -0.570. The molecule has 2 aliphatic heterocycles. The van der Waals surface area contributed by atoms with Crippen molar-refractivity contribution < 1.29 is 9.84 Å². The Morgan fingerprint density at radius 2 is 2.53 bits per heavy atom. The molecule has 4 unspecified atom stereocenters. The van der Waals surface area contributed by atoms with Crippen molar-refractivity contribution in [2.45, 2.75) is 31.0 Å². The molecule has 19 heavy (non-hydrogen) atoms. The van der Waals surface area contributed by atoms with E-state index in [1.807, 2.05) is 11.6 Å². The molecule has 5 atom stereocenters. The molecule has 3 rings (SSSR count). The standard InChI is InChI=1S/C12H20N4O2S/c1-18-12(17)8-5-15-10(11-14-2-3-19-11)16-6-7(13)4-9(8)16/h2-3,7-10,12,15,17H,4-6,13H2,1H3/t7-,8?,9?,10?,12?/m0/s1. The molecule has 1 aromatic rings. The second-order valence-electron chi connectivity index (χ2n) is 5.23. The third kappa shape index (κ3) is 2.42. The van der Waals surface area contributed by atoms with E-state index in [1.165, 1.54) is 7.11 Å². The van der Waals surface area contributed by atoms with Crippen molar-refractivity contribution in [3.8, 4) is 0 Å². The fourth-order valence-corrected chi connectivity index (χ4v) is 3.94. The van der Waals surface area contributed by atoms with Gasteiger partial charge in [0.05, 0.1) is 0 Å². The summed E-state index contributed by atoms with van der Waals surface area (Å²) in [4.78, 5) is 6.71. The molecule has 1 aromatic heterocycles. The van der Waals surface area contributed by atoms with Crippen molar-refractivity contribution in [1.82, 2.24) is 15.2 Å². The van der Waals surface area contributed by atoms with Crippen LogP contribution < -0.4 is 11.1 Å². The number of hydrogen-bond donors (Lipinski definition) is 3. The lowest BCUT2D eigenvalue weighted by Crippen LogP contribution is -2.56. The minimum atomic E-state index is -0.748. The average Bonchev–Trinajstić information content (AvgIpc) is 3.04. The van der Waals surface area contributed by atoms with E-state index in [0.29, 0.717) is 6.54 Å². The van der Waals surface area contributed by atoms with Crippen LogP contribution in [0.3, 0.4) is 0 Å². The number of aromatic nitrogens is 1. The smallest absolute Gasteiger partial charge is 0.159 e. The number of fused-ring (bicyclic) bond motifs is 1. The molecular weight excluding hydrogens is 264 g/mol. The predicted octanol–water partition coefficient (Wildman–Crippen LogP) is -0.272. The van der Waals surface area contributed by atoms with Crippen LogP contribution in [0.25, 0.3) is 0 Å². The first kappa shape index (κ1) is 13.4. The van der Waals surface area contributed by atoms with E-state index in [2.05, 4.69) is 15.2 Å². The van der Waals surface area contributed by atoms with Crippen molar-refractivity contribution in [3.63, 3.8) is 0 Å². The first-order chi connectivity index (χ1) is 9.20. The third-order valence-electron chi connectivity index (χ3n) is 4.08. The monoisotopic (exact) mass is 284 g/mol. The number of nitrogens with two attached hydrogens (primary N) is 1. The molecule has 2 fully saturated rings. The van der Waals surface area contributed by atoms with E-state index >= 15 is 0 Å². The summed E-state index contributed by atoms with van der Waals surface area (Å²) in [6, 6.07) is 0.402. The Balaban J connectivity index is 1.82. The number of rotatable bonds is 3. The fourth-order valence-electron chi connectivity index (χ4n) is 3.21. The Bertz CT molecular complexity index is 416. The highest BCUT2D eigenvalue weighted by Crippen LogP contribution is 2.36. The second kappa shape index (κ2) is 5.43. The van der Waals surface area contributed by atoms with E-state index < -0.39 is 6.29 Å². The Morgan fingerprint density at radius 1 is 1.68 bits per heavy atom. The minimum absolute atomic E-state index is 0.0507. The Labute approximate surface area is 116 Å². The van der Waals surface area contributed by atoms with E-state index in [1.54, 1.807) is 11.3 Å². The van der Waals surface area contributed by atoms with Crippen LogP contribution in [0.2, 0.25) is 0 Å². The van der Waals surface area contributed by atoms with Crippen LogP contribution in [0.15, 0.2) is 11.6 Å². The lowest BCUT2D eigenvalue weighted by atomic mass is 9.93. The van der Waals surface area contributed by atoms with Crippen LogP contribution in [-0.2, 0) is 4.74 Å². The summed E-state index contributed by atoms with van der Waals surface area (Å²) in [6.07, 6.45) is 2.08.